The van der Waals surface area contributed by atoms with Crippen molar-refractivity contribution in [3.8, 4) is 10.6 Å². The van der Waals surface area contributed by atoms with E-state index >= 15 is 0 Å². The monoisotopic (exact) mass is 211 g/mol. The molecule has 0 amide bonds. The van der Waals surface area contributed by atoms with Gasteiger partial charge in [-0.15, -0.1) is 10.2 Å². The SMILES string of the molecule is Nc1cccc(-c2nnc(Cl)s2)c1. The minimum Gasteiger partial charge on any atom is -0.399 e. The fourth-order valence-electron chi connectivity index (χ4n) is 0.994. The molecule has 0 bridgehead atoms. The average molecular weight is 212 g/mol. The number of rotatable bonds is 1. The van der Waals surface area contributed by atoms with Gasteiger partial charge >= 0.3 is 0 Å². The van der Waals surface area contributed by atoms with Gasteiger partial charge in [-0.1, -0.05) is 23.5 Å². The number of halogens is 1. The average Bonchev–Trinajstić information content (AvgIpc) is 2.52. The Morgan fingerprint density at radius 3 is 2.77 bits per heavy atom. The Hall–Kier alpha value is -1.13. The third-order valence-corrected chi connectivity index (χ3v) is 2.60. The van der Waals surface area contributed by atoms with Gasteiger partial charge in [0.05, 0.1) is 0 Å². The fraction of sp³-hybridized carbons (Fsp3) is 0. The molecule has 0 spiro atoms. The van der Waals surface area contributed by atoms with Gasteiger partial charge in [-0.2, -0.15) is 0 Å². The second-order valence-electron chi connectivity index (χ2n) is 2.49. The van der Waals surface area contributed by atoms with Crippen molar-refractivity contribution in [2.24, 2.45) is 0 Å². The Balaban J connectivity index is 2.46. The molecule has 13 heavy (non-hydrogen) atoms. The fourth-order valence-corrected chi connectivity index (χ4v) is 1.82. The van der Waals surface area contributed by atoms with E-state index in [2.05, 4.69) is 10.2 Å². The molecule has 66 valence electrons. The minimum absolute atomic E-state index is 0.442. The van der Waals surface area contributed by atoms with Crippen molar-refractivity contribution in [2.45, 2.75) is 0 Å². The first-order valence-electron chi connectivity index (χ1n) is 3.60. The largest absolute Gasteiger partial charge is 0.399 e. The highest BCUT2D eigenvalue weighted by atomic mass is 35.5. The number of nitrogen functional groups attached to an aromatic ring is 1. The molecule has 0 unspecified atom stereocenters. The van der Waals surface area contributed by atoms with Gasteiger partial charge in [0.25, 0.3) is 0 Å². The molecule has 1 aromatic heterocycles. The molecule has 0 radical (unpaired) electrons. The van der Waals surface area contributed by atoms with Gasteiger partial charge < -0.3 is 5.73 Å². The first-order chi connectivity index (χ1) is 6.25. The molecule has 0 aliphatic heterocycles. The maximum atomic E-state index is 5.66. The summed E-state index contributed by atoms with van der Waals surface area (Å²) in [5.74, 6) is 0. The molecule has 2 N–H and O–H groups in total. The van der Waals surface area contributed by atoms with Gasteiger partial charge in [0, 0.05) is 11.3 Å². The molecule has 0 aliphatic carbocycles. The van der Waals surface area contributed by atoms with Crippen molar-refractivity contribution >= 4 is 28.6 Å². The summed E-state index contributed by atoms with van der Waals surface area (Å²) in [6, 6.07) is 7.47. The highest BCUT2D eigenvalue weighted by molar-refractivity contribution is 7.18. The lowest BCUT2D eigenvalue weighted by Crippen LogP contribution is -1.84. The zero-order valence-corrected chi connectivity index (χ0v) is 8.14. The Bertz CT molecular complexity index is 427. The van der Waals surface area contributed by atoms with Gasteiger partial charge in [-0.25, -0.2) is 0 Å². The van der Waals surface area contributed by atoms with Gasteiger partial charge in [0.1, 0.15) is 5.01 Å². The molecule has 5 heteroatoms. The van der Waals surface area contributed by atoms with E-state index in [9.17, 15) is 0 Å². The summed E-state index contributed by atoms with van der Waals surface area (Å²) in [6.07, 6.45) is 0. The zero-order chi connectivity index (χ0) is 9.26. The van der Waals surface area contributed by atoms with Crippen LogP contribution in [0, 0.1) is 0 Å². The topological polar surface area (TPSA) is 51.8 Å². The highest BCUT2D eigenvalue weighted by Crippen LogP contribution is 2.26. The third-order valence-electron chi connectivity index (χ3n) is 1.53. The minimum atomic E-state index is 0.442. The summed E-state index contributed by atoms with van der Waals surface area (Å²) < 4.78 is 0.442. The number of anilines is 1. The van der Waals surface area contributed by atoms with E-state index in [-0.39, 0.29) is 0 Å². The summed E-state index contributed by atoms with van der Waals surface area (Å²) in [4.78, 5) is 0. The van der Waals surface area contributed by atoms with Crippen molar-refractivity contribution in [3.05, 3.63) is 28.7 Å². The van der Waals surface area contributed by atoms with Gasteiger partial charge in [0.15, 0.2) is 0 Å². The van der Waals surface area contributed by atoms with Crippen molar-refractivity contribution < 1.29 is 0 Å². The smallest absolute Gasteiger partial charge is 0.207 e. The lowest BCUT2D eigenvalue weighted by molar-refractivity contribution is 1.10. The second kappa shape index (κ2) is 3.32. The summed E-state index contributed by atoms with van der Waals surface area (Å²) in [5.41, 5.74) is 7.29. The molecule has 2 aromatic rings. The molecule has 0 fully saturated rings. The van der Waals surface area contributed by atoms with Crippen LogP contribution in [-0.4, -0.2) is 10.2 Å². The van der Waals surface area contributed by atoms with Crippen LogP contribution >= 0.6 is 22.9 Å². The van der Waals surface area contributed by atoms with Crippen LogP contribution in [0.25, 0.3) is 10.6 Å². The summed E-state index contributed by atoms with van der Waals surface area (Å²) in [6.45, 7) is 0. The van der Waals surface area contributed by atoms with Crippen LogP contribution in [-0.2, 0) is 0 Å². The van der Waals surface area contributed by atoms with Gasteiger partial charge in [-0.05, 0) is 23.7 Å². The number of benzene rings is 1. The molecule has 3 nitrogen and oxygen atoms in total. The number of hydrogen-bond acceptors (Lipinski definition) is 4. The predicted octanol–water partition coefficient (Wildman–Crippen LogP) is 2.44. The van der Waals surface area contributed by atoms with E-state index in [1.807, 2.05) is 24.3 Å². The number of aromatic nitrogens is 2. The second-order valence-corrected chi connectivity index (χ2v) is 4.05. The maximum Gasteiger partial charge on any atom is 0.207 e. The van der Waals surface area contributed by atoms with E-state index in [0.29, 0.717) is 10.2 Å². The molecule has 0 atom stereocenters. The standard InChI is InChI=1S/C8H6ClN3S/c9-8-12-11-7(13-8)5-2-1-3-6(10)4-5/h1-4H,10H2. The molecule has 0 saturated heterocycles. The number of nitrogens with two attached hydrogens (primary N) is 1. The molecule has 2 rings (SSSR count). The molecular formula is C8H6ClN3S. The maximum absolute atomic E-state index is 5.66. The van der Waals surface area contributed by atoms with E-state index in [1.54, 1.807) is 0 Å². The Kier molecular flexibility index (Phi) is 2.16. The molecule has 1 aromatic carbocycles. The van der Waals surface area contributed by atoms with Crippen molar-refractivity contribution in [1.29, 1.82) is 0 Å². The van der Waals surface area contributed by atoms with Gasteiger partial charge in [0.2, 0.25) is 4.47 Å². The summed E-state index contributed by atoms with van der Waals surface area (Å²) >= 11 is 7.00. The Morgan fingerprint density at radius 1 is 1.31 bits per heavy atom. The van der Waals surface area contributed by atoms with Crippen LogP contribution in [0.1, 0.15) is 0 Å². The van der Waals surface area contributed by atoms with Crippen molar-refractivity contribution in [1.82, 2.24) is 10.2 Å². The van der Waals surface area contributed by atoms with Crippen LogP contribution in [0.15, 0.2) is 24.3 Å². The van der Waals surface area contributed by atoms with Crippen LogP contribution in [0.2, 0.25) is 4.47 Å². The van der Waals surface area contributed by atoms with Gasteiger partial charge in [-0.3, -0.25) is 0 Å². The zero-order valence-electron chi connectivity index (χ0n) is 6.57. The highest BCUT2D eigenvalue weighted by Gasteiger charge is 2.04. The quantitative estimate of drug-likeness (QED) is 0.738. The van der Waals surface area contributed by atoms with E-state index in [4.69, 9.17) is 17.3 Å². The number of hydrogen-bond donors (Lipinski definition) is 1. The van der Waals surface area contributed by atoms with Crippen LogP contribution in [0.4, 0.5) is 5.69 Å². The number of nitrogens with zero attached hydrogens (tertiary/aromatic N) is 2. The van der Waals surface area contributed by atoms with Crippen LogP contribution in [0.5, 0.6) is 0 Å². The molecule has 1 heterocycles. The van der Waals surface area contributed by atoms with Crippen LogP contribution < -0.4 is 5.73 Å². The third kappa shape index (κ3) is 1.79. The first-order valence-corrected chi connectivity index (χ1v) is 4.80. The van der Waals surface area contributed by atoms with Crippen molar-refractivity contribution in [2.75, 3.05) is 5.73 Å². The Labute approximate surface area is 84.2 Å². The van der Waals surface area contributed by atoms with E-state index in [1.165, 1.54) is 11.3 Å². The Morgan fingerprint density at radius 2 is 2.15 bits per heavy atom. The normalized spacial score (nSPS) is 10.2. The van der Waals surface area contributed by atoms with E-state index in [0.717, 1.165) is 10.6 Å². The lowest BCUT2D eigenvalue weighted by atomic mass is 10.2. The molecule has 0 aliphatic rings. The predicted molar refractivity (Wildman–Crippen MR) is 54.8 cm³/mol. The first kappa shape index (κ1) is 8.47. The summed E-state index contributed by atoms with van der Waals surface area (Å²) in [5, 5.41) is 8.41. The van der Waals surface area contributed by atoms with E-state index < -0.39 is 0 Å². The lowest BCUT2D eigenvalue weighted by Gasteiger charge is -1.95. The van der Waals surface area contributed by atoms with Crippen LogP contribution in [0.3, 0.4) is 0 Å². The van der Waals surface area contributed by atoms with Crippen molar-refractivity contribution in [3.63, 3.8) is 0 Å². The molecule has 0 saturated carbocycles. The summed E-state index contributed by atoms with van der Waals surface area (Å²) in [7, 11) is 0. The molecular weight excluding hydrogens is 206 g/mol.